The van der Waals surface area contributed by atoms with Crippen LogP contribution in [0.2, 0.25) is 0 Å². The molecule has 0 bridgehead atoms. The lowest BCUT2D eigenvalue weighted by molar-refractivity contribution is 0.183. The van der Waals surface area contributed by atoms with Gasteiger partial charge in [0.25, 0.3) is 0 Å². The Kier molecular flexibility index (Phi) is 5.22. The third-order valence-corrected chi connectivity index (χ3v) is 5.15. The summed E-state index contributed by atoms with van der Waals surface area (Å²) in [5.41, 5.74) is 6.35. The molecule has 1 fully saturated rings. The molecule has 2 nitrogen and oxygen atoms in total. The number of nitrogens with two attached hydrogens (primary N) is 1. The molecule has 102 valence electrons. The lowest BCUT2D eigenvalue weighted by atomic mass is 10.0. The molecule has 0 amide bonds. The molecule has 0 saturated heterocycles. The second-order valence-electron chi connectivity index (χ2n) is 5.62. The molecule has 2 unspecified atom stereocenters. The fourth-order valence-electron chi connectivity index (χ4n) is 3.15. The number of hydrogen-bond donors (Lipinski definition) is 1. The van der Waals surface area contributed by atoms with Crippen LogP contribution in [0.25, 0.3) is 0 Å². The molecule has 2 N–H and O–H groups in total. The maximum atomic E-state index is 6.35. The zero-order valence-corrected chi connectivity index (χ0v) is 12.5. The second kappa shape index (κ2) is 6.69. The Morgan fingerprint density at radius 2 is 2.17 bits per heavy atom. The smallest absolute Gasteiger partial charge is 0.0590 e. The number of likely N-dealkylation sites (N-methyl/N-ethyl adjacent to an activating group) is 1. The molecule has 0 aromatic carbocycles. The van der Waals surface area contributed by atoms with Crippen molar-refractivity contribution in [1.29, 1.82) is 0 Å². The first-order valence-electron chi connectivity index (χ1n) is 7.21. The van der Waals surface area contributed by atoms with Gasteiger partial charge in [-0.2, -0.15) is 0 Å². The van der Waals surface area contributed by atoms with Gasteiger partial charge in [0.2, 0.25) is 0 Å². The molecule has 0 radical (unpaired) electrons. The SMILES string of the molecule is CCC(N)C(c1cccs1)N(C)CC1CCCC1. The molecular weight excluding hydrogens is 240 g/mol. The lowest BCUT2D eigenvalue weighted by Gasteiger charge is -2.33. The van der Waals surface area contributed by atoms with Crippen LogP contribution in [-0.2, 0) is 0 Å². The normalized spacial score (nSPS) is 20.4. The summed E-state index contributed by atoms with van der Waals surface area (Å²) in [6, 6.07) is 5.01. The van der Waals surface area contributed by atoms with Crippen LogP contribution < -0.4 is 5.73 Å². The van der Waals surface area contributed by atoms with Gasteiger partial charge in [-0.25, -0.2) is 0 Å². The van der Waals surface area contributed by atoms with Crippen molar-refractivity contribution in [3.8, 4) is 0 Å². The Bertz CT molecular complexity index is 330. The van der Waals surface area contributed by atoms with Crippen molar-refractivity contribution in [2.45, 2.75) is 51.1 Å². The van der Waals surface area contributed by atoms with E-state index in [0.29, 0.717) is 6.04 Å². The monoisotopic (exact) mass is 266 g/mol. The van der Waals surface area contributed by atoms with Crippen molar-refractivity contribution in [1.82, 2.24) is 4.90 Å². The molecule has 1 aromatic rings. The molecular formula is C15H26N2S. The van der Waals surface area contributed by atoms with Gasteiger partial charge in [-0.05, 0) is 43.7 Å². The van der Waals surface area contributed by atoms with E-state index in [9.17, 15) is 0 Å². The average Bonchev–Trinajstić information content (AvgIpc) is 3.02. The van der Waals surface area contributed by atoms with Gasteiger partial charge >= 0.3 is 0 Å². The predicted octanol–water partition coefficient (Wildman–Crippen LogP) is 3.65. The van der Waals surface area contributed by atoms with Crippen LogP contribution >= 0.6 is 11.3 Å². The van der Waals surface area contributed by atoms with E-state index in [1.54, 1.807) is 0 Å². The van der Waals surface area contributed by atoms with Crippen LogP contribution in [0.5, 0.6) is 0 Å². The quantitative estimate of drug-likeness (QED) is 0.851. The maximum Gasteiger partial charge on any atom is 0.0590 e. The first-order valence-corrected chi connectivity index (χ1v) is 8.09. The third-order valence-electron chi connectivity index (χ3n) is 4.21. The highest BCUT2D eigenvalue weighted by molar-refractivity contribution is 7.10. The van der Waals surface area contributed by atoms with E-state index in [1.807, 2.05) is 11.3 Å². The van der Waals surface area contributed by atoms with Crippen molar-refractivity contribution in [3.05, 3.63) is 22.4 Å². The molecule has 2 atom stereocenters. The summed E-state index contributed by atoms with van der Waals surface area (Å²) >= 11 is 1.84. The summed E-state index contributed by atoms with van der Waals surface area (Å²) in [4.78, 5) is 3.92. The zero-order valence-electron chi connectivity index (χ0n) is 11.6. The largest absolute Gasteiger partial charge is 0.326 e. The highest BCUT2D eigenvalue weighted by atomic mass is 32.1. The minimum atomic E-state index is 0.245. The molecule has 18 heavy (non-hydrogen) atoms. The standard InChI is InChI=1S/C15H26N2S/c1-3-13(16)15(14-9-6-10-18-14)17(2)11-12-7-4-5-8-12/h6,9-10,12-13,15H,3-5,7-8,11,16H2,1-2H3. The summed E-state index contributed by atoms with van der Waals surface area (Å²) in [6.45, 7) is 3.39. The molecule has 1 aromatic heterocycles. The first-order chi connectivity index (χ1) is 8.72. The van der Waals surface area contributed by atoms with Gasteiger partial charge in [0.1, 0.15) is 0 Å². The van der Waals surface area contributed by atoms with Crippen molar-refractivity contribution in [2.75, 3.05) is 13.6 Å². The molecule has 1 aliphatic rings. The average molecular weight is 266 g/mol. The van der Waals surface area contributed by atoms with Gasteiger partial charge in [0.05, 0.1) is 6.04 Å². The summed E-state index contributed by atoms with van der Waals surface area (Å²) in [5, 5.41) is 2.16. The van der Waals surface area contributed by atoms with Gasteiger partial charge in [-0.1, -0.05) is 25.8 Å². The van der Waals surface area contributed by atoms with Crippen LogP contribution in [0.1, 0.15) is 49.9 Å². The van der Waals surface area contributed by atoms with Gasteiger partial charge in [-0.3, -0.25) is 4.90 Å². The summed E-state index contributed by atoms with van der Waals surface area (Å²) in [7, 11) is 2.25. The Morgan fingerprint density at radius 3 is 2.72 bits per heavy atom. The van der Waals surface area contributed by atoms with Crippen molar-refractivity contribution in [3.63, 3.8) is 0 Å². The van der Waals surface area contributed by atoms with Gasteiger partial charge in [0, 0.05) is 17.5 Å². The predicted molar refractivity (Wildman–Crippen MR) is 79.9 cm³/mol. The minimum Gasteiger partial charge on any atom is -0.326 e. The minimum absolute atomic E-state index is 0.245. The Balaban J connectivity index is 2.03. The Morgan fingerprint density at radius 1 is 1.44 bits per heavy atom. The summed E-state index contributed by atoms with van der Waals surface area (Å²) in [6.07, 6.45) is 6.69. The van der Waals surface area contributed by atoms with Crippen LogP contribution in [-0.4, -0.2) is 24.5 Å². The molecule has 1 aliphatic carbocycles. The van der Waals surface area contributed by atoms with Gasteiger partial charge in [0.15, 0.2) is 0 Å². The zero-order chi connectivity index (χ0) is 13.0. The molecule has 0 spiro atoms. The van der Waals surface area contributed by atoms with E-state index >= 15 is 0 Å². The van der Waals surface area contributed by atoms with Crippen molar-refractivity contribution >= 4 is 11.3 Å². The molecule has 1 heterocycles. The van der Waals surface area contributed by atoms with E-state index in [0.717, 1.165) is 12.3 Å². The molecule has 2 rings (SSSR count). The van der Waals surface area contributed by atoms with Crippen LogP contribution in [0.15, 0.2) is 17.5 Å². The fraction of sp³-hybridized carbons (Fsp3) is 0.733. The third kappa shape index (κ3) is 3.34. The summed E-state index contributed by atoms with van der Waals surface area (Å²) in [5.74, 6) is 0.890. The van der Waals surface area contributed by atoms with Gasteiger partial charge in [-0.15, -0.1) is 11.3 Å². The van der Waals surface area contributed by atoms with E-state index < -0.39 is 0 Å². The van der Waals surface area contributed by atoms with Crippen molar-refractivity contribution < 1.29 is 0 Å². The number of hydrogen-bond acceptors (Lipinski definition) is 3. The number of thiophene rings is 1. The molecule has 0 aliphatic heterocycles. The van der Waals surface area contributed by atoms with E-state index in [4.69, 9.17) is 5.73 Å². The van der Waals surface area contributed by atoms with Gasteiger partial charge < -0.3 is 5.73 Å². The van der Waals surface area contributed by atoms with Crippen LogP contribution in [0, 0.1) is 5.92 Å². The second-order valence-corrected chi connectivity index (χ2v) is 6.60. The lowest BCUT2D eigenvalue weighted by Crippen LogP contribution is -2.40. The molecule has 1 saturated carbocycles. The Hall–Kier alpha value is -0.380. The number of rotatable bonds is 6. The maximum absolute atomic E-state index is 6.35. The molecule has 3 heteroatoms. The highest BCUT2D eigenvalue weighted by Gasteiger charge is 2.26. The van der Waals surface area contributed by atoms with E-state index in [1.165, 1.54) is 37.1 Å². The van der Waals surface area contributed by atoms with Crippen molar-refractivity contribution in [2.24, 2.45) is 11.7 Å². The Labute approximate surface area is 115 Å². The summed E-state index contributed by atoms with van der Waals surface area (Å²) < 4.78 is 0. The van der Waals surface area contributed by atoms with E-state index in [-0.39, 0.29) is 6.04 Å². The van der Waals surface area contributed by atoms with Crippen LogP contribution in [0.3, 0.4) is 0 Å². The first kappa shape index (κ1) is 14.0. The topological polar surface area (TPSA) is 29.3 Å². The fourth-order valence-corrected chi connectivity index (χ4v) is 4.12. The van der Waals surface area contributed by atoms with Crippen LogP contribution in [0.4, 0.5) is 0 Å². The van der Waals surface area contributed by atoms with E-state index in [2.05, 4.69) is 36.4 Å². The number of nitrogens with zero attached hydrogens (tertiary/aromatic N) is 1. The highest BCUT2D eigenvalue weighted by Crippen LogP contribution is 2.31.